The molecule has 1 saturated heterocycles. The lowest BCUT2D eigenvalue weighted by Crippen LogP contribution is -2.51. The maximum Gasteiger partial charge on any atom is 0.211 e. The van der Waals surface area contributed by atoms with Gasteiger partial charge in [-0.3, -0.25) is 0 Å². The molecule has 1 aliphatic rings. The van der Waals surface area contributed by atoms with Crippen molar-refractivity contribution in [2.75, 3.05) is 26.0 Å². The van der Waals surface area contributed by atoms with Crippen LogP contribution in [0.4, 0.5) is 0 Å². The van der Waals surface area contributed by atoms with E-state index in [1.165, 1.54) is 10.6 Å². The van der Waals surface area contributed by atoms with Crippen molar-refractivity contribution in [2.45, 2.75) is 13.3 Å². The van der Waals surface area contributed by atoms with E-state index < -0.39 is 10.0 Å². The van der Waals surface area contributed by atoms with Crippen LogP contribution in [0, 0.1) is 11.8 Å². The molecular weight excluding hydrogens is 190 g/mol. The van der Waals surface area contributed by atoms with Gasteiger partial charge >= 0.3 is 0 Å². The highest BCUT2D eigenvalue weighted by atomic mass is 32.2. The van der Waals surface area contributed by atoms with Crippen LogP contribution in [0.2, 0.25) is 0 Å². The van der Waals surface area contributed by atoms with Crippen LogP contribution < -0.4 is 0 Å². The van der Waals surface area contributed by atoms with Gasteiger partial charge in [-0.2, -0.15) is 0 Å². The lowest BCUT2D eigenvalue weighted by molar-refractivity contribution is 0.123. The van der Waals surface area contributed by atoms with Crippen LogP contribution in [0.1, 0.15) is 13.3 Å². The molecule has 1 N–H and O–H groups in total. The Labute approximate surface area is 79.6 Å². The molecule has 0 aromatic rings. The molecule has 1 heterocycles. The Kier molecular flexibility index (Phi) is 3.32. The molecule has 0 aliphatic carbocycles. The molecule has 4 nitrogen and oxygen atoms in total. The van der Waals surface area contributed by atoms with Crippen molar-refractivity contribution in [1.29, 1.82) is 0 Å². The fourth-order valence-electron chi connectivity index (χ4n) is 1.54. The molecular formula is C8H17NO3S. The summed E-state index contributed by atoms with van der Waals surface area (Å²) >= 11 is 0. The number of rotatable bonds is 4. The first-order valence-corrected chi connectivity index (χ1v) is 6.36. The molecule has 0 radical (unpaired) electrons. The van der Waals surface area contributed by atoms with Crippen LogP contribution in [0.3, 0.4) is 0 Å². The zero-order chi connectivity index (χ0) is 10.1. The van der Waals surface area contributed by atoms with Gasteiger partial charge in [-0.05, 0) is 18.3 Å². The topological polar surface area (TPSA) is 57.6 Å². The van der Waals surface area contributed by atoms with Crippen molar-refractivity contribution in [1.82, 2.24) is 4.31 Å². The standard InChI is InChI=1S/C8H17NO3S/c1-7(3-4-10)8-5-9(6-8)13(2,11)12/h7-8,10H,3-6H2,1-2H3. The second-order valence-corrected chi connectivity index (χ2v) is 5.81. The molecule has 0 saturated carbocycles. The molecule has 1 atom stereocenters. The van der Waals surface area contributed by atoms with Crippen molar-refractivity contribution in [3.8, 4) is 0 Å². The highest BCUT2D eigenvalue weighted by Crippen LogP contribution is 2.27. The van der Waals surface area contributed by atoms with Gasteiger partial charge < -0.3 is 5.11 Å². The molecule has 1 aliphatic heterocycles. The lowest BCUT2D eigenvalue weighted by atomic mass is 9.87. The Morgan fingerprint density at radius 1 is 1.54 bits per heavy atom. The summed E-state index contributed by atoms with van der Waals surface area (Å²) < 4.78 is 23.5. The molecule has 0 aromatic carbocycles. The summed E-state index contributed by atoms with van der Waals surface area (Å²) in [6.07, 6.45) is 2.00. The van der Waals surface area contributed by atoms with Crippen LogP contribution in [0.5, 0.6) is 0 Å². The van der Waals surface area contributed by atoms with Crippen molar-refractivity contribution in [3.63, 3.8) is 0 Å². The van der Waals surface area contributed by atoms with E-state index in [0.717, 1.165) is 6.42 Å². The maximum absolute atomic E-state index is 11.0. The number of aliphatic hydroxyl groups is 1. The molecule has 0 bridgehead atoms. The van der Waals surface area contributed by atoms with Crippen molar-refractivity contribution in [2.24, 2.45) is 11.8 Å². The van der Waals surface area contributed by atoms with Crippen molar-refractivity contribution >= 4 is 10.0 Å². The van der Waals surface area contributed by atoms with E-state index in [1.54, 1.807) is 0 Å². The normalized spacial score (nSPS) is 22.7. The number of sulfonamides is 1. The highest BCUT2D eigenvalue weighted by Gasteiger charge is 2.35. The second-order valence-electron chi connectivity index (χ2n) is 3.83. The lowest BCUT2D eigenvalue weighted by Gasteiger charge is -2.40. The number of nitrogens with zero attached hydrogens (tertiary/aromatic N) is 1. The van der Waals surface area contributed by atoms with Crippen LogP contribution in [-0.2, 0) is 10.0 Å². The zero-order valence-corrected chi connectivity index (χ0v) is 8.92. The van der Waals surface area contributed by atoms with Crippen molar-refractivity contribution in [3.05, 3.63) is 0 Å². The Morgan fingerprint density at radius 2 is 2.08 bits per heavy atom. The van der Waals surface area contributed by atoms with Crippen molar-refractivity contribution < 1.29 is 13.5 Å². The molecule has 1 rings (SSSR count). The Bertz CT molecular complexity index is 257. The van der Waals surface area contributed by atoms with E-state index >= 15 is 0 Å². The van der Waals surface area contributed by atoms with Gasteiger partial charge in [0.2, 0.25) is 10.0 Å². The first-order valence-electron chi connectivity index (χ1n) is 4.51. The Morgan fingerprint density at radius 3 is 2.46 bits per heavy atom. The Hall–Kier alpha value is -0.130. The quantitative estimate of drug-likeness (QED) is 0.700. The smallest absolute Gasteiger partial charge is 0.211 e. The zero-order valence-electron chi connectivity index (χ0n) is 8.10. The molecule has 0 spiro atoms. The SMILES string of the molecule is CC(CCO)C1CN(S(C)(=O)=O)C1. The fourth-order valence-corrected chi connectivity index (χ4v) is 2.46. The second kappa shape index (κ2) is 3.94. The molecule has 13 heavy (non-hydrogen) atoms. The van der Waals surface area contributed by atoms with Gasteiger partial charge in [0, 0.05) is 19.7 Å². The average Bonchev–Trinajstić information content (AvgIpc) is 1.79. The van der Waals surface area contributed by atoms with E-state index in [0.29, 0.717) is 24.9 Å². The van der Waals surface area contributed by atoms with Gasteiger partial charge in [0.15, 0.2) is 0 Å². The minimum absolute atomic E-state index is 0.191. The summed E-state index contributed by atoms with van der Waals surface area (Å²) in [4.78, 5) is 0. The first kappa shape index (κ1) is 10.9. The van der Waals surface area contributed by atoms with E-state index in [2.05, 4.69) is 6.92 Å². The molecule has 1 fully saturated rings. The van der Waals surface area contributed by atoms with Gasteiger partial charge in [-0.15, -0.1) is 0 Å². The van der Waals surface area contributed by atoms with Crippen LogP contribution in [0.15, 0.2) is 0 Å². The summed E-state index contributed by atoms with van der Waals surface area (Å²) in [5, 5.41) is 8.70. The summed E-state index contributed by atoms with van der Waals surface area (Å²) in [7, 11) is -2.98. The molecule has 1 unspecified atom stereocenters. The third-order valence-corrected chi connectivity index (χ3v) is 3.97. The monoisotopic (exact) mass is 207 g/mol. The van der Waals surface area contributed by atoms with Gasteiger partial charge in [0.1, 0.15) is 0 Å². The highest BCUT2D eigenvalue weighted by molar-refractivity contribution is 7.88. The molecule has 0 aromatic heterocycles. The van der Waals surface area contributed by atoms with Crippen LogP contribution >= 0.6 is 0 Å². The Balaban J connectivity index is 2.33. The maximum atomic E-state index is 11.0. The predicted octanol–water partition coefficient (Wildman–Crippen LogP) is -0.104. The number of hydrogen-bond donors (Lipinski definition) is 1. The molecule has 0 amide bonds. The summed E-state index contributed by atoms with van der Waals surface area (Å²) in [5.41, 5.74) is 0. The van der Waals surface area contributed by atoms with Crippen LogP contribution in [0.25, 0.3) is 0 Å². The average molecular weight is 207 g/mol. The van der Waals surface area contributed by atoms with E-state index in [4.69, 9.17) is 5.11 Å². The third-order valence-electron chi connectivity index (χ3n) is 2.73. The van der Waals surface area contributed by atoms with Gasteiger partial charge in [-0.25, -0.2) is 12.7 Å². The summed E-state index contributed by atoms with van der Waals surface area (Å²) in [5.74, 6) is 0.852. The number of hydrogen-bond acceptors (Lipinski definition) is 3. The minimum Gasteiger partial charge on any atom is -0.396 e. The fraction of sp³-hybridized carbons (Fsp3) is 1.00. The summed E-state index contributed by atoms with van der Waals surface area (Å²) in [6, 6.07) is 0. The first-order chi connectivity index (χ1) is 5.95. The summed E-state index contributed by atoms with van der Waals surface area (Å²) in [6.45, 7) is 3.50. The van der Waals surface area contributed by atoms with Crippen LogP contribution in [-0.4, -0.2) is 43.8 Å². The predicted molar refractivity (Wildman–Crippen MR) is 50.8 cm³/mol. The largest absolute Gasteiger partial charge is 0.396 e. The van der Waals surface area contributed by atoms with Gasteiger partial charge in [0.25, 0.3) is 0 Å². The van der Waals surface area contributed by atoms with E-state index in [9.17, 15) is 8.42 Å². The molecule has 5 heteroatoms. The third kappa shape index (κ3) is 2.65. The van der Waals surface area contributed by atoms with Gasteiger partial charge in [-0.1, -0.05) is 6.92 Å². The van der Waals surface area contributed by atoms with E-state index in [1.807, 2.05) is 0 Å². The van der Waals surface area contributed by atoms with Gasteiger partial charge in [0.05, 0.1) is 6.26 Å². The van der Waals surface area contributed by atoms with E-state index in [-0.39, 0.29) is 6.61 Å². The molecule has 78 valence electrons. The minimum atomic E-state index is -2.98. The number of aliphatic hydroxyl groups excluding tert-OH is 1.